The van der Waals surface area contributed by atoms with Crippen LogP contribution < -0.4 is 10.4 Å². The van der Waals surface area contributed by atoms with Gasteiger partial charge in [-0.2, -0.15) is 0 Å². The minimum absolute atomic E-state index is 0.0844. The van der Waals surface area contributed by atoms with Gasteiger partial charge in [0, 0.05) is 35.4 Å². The van der Waals surface area contributed by atoms with Crippen LogP contribution in [-0.4, -0.2) is 17.8 Å². The predicted octanol–water partition coefficient (Wildman–Crippen LogP) is 11.8. The van der Waals surface area contributed by atoms with Crippen molar-refractivity contribution in [3.8, 4) is 11.1 Å². The molecule has 0 saturated carbocycles. The number of aliphatic imine (C=N–C) groups is 2. The highest BCUT2D eigenvalue weighted by atomic mass is 14.9. The van der Waals surface area contributed by atoms with E-state index in [4.69, 9.17) is 15.4 Å². The molecule has 1 aliphatic heterocycles. The first-order valence-corrected chi connectivity index (χ1v) is 20.9. The van der Waals surface area contributed by atoms with Gasteiger partial charge in [0.1, 0.15) is 0 Å². The topological polar surface area (TPSA) is 48.6 Å². The Morgan fingerprint density at radius 3 is 2.19 bits per heavy atom. The van der Waals surface area contributed by atoms with Crippen molar-refractivity contribution < 1.29 is 0 Å². The molecule has 0 aromatic heterocycles. The van der Waals surface area contributed by atoms with Gasteiger partial charge in [0.2, 0.25) is 0 Å². The molecule has 0 spiro atoms. The van der Waals surface area contributed by atoms with E-state index in [1.54, 1.807) is 0 Å². The standard InChI is InChI=1S/C56H45N3/c1-37-11-2-5-15-46(37)53(36-57)41-23-29-43(30-24-41)55-34-33-54(42-27-21-39(22-28-42)48-20-10-14-38-12-3-6-16-47(38)48)58-56(59-55)44-31-25-40(26-32-44)52-35-45-13-4-7-17-49(45)50-18-8-9-19-51(50)52/h2-3,5-9,11-12,15-29,31-32,34-36,43,57H,1,4,10,13-14,30,33H2/b53-46+,57-36?. The van der Waals surface area contributed by atoms with Gasteiger partial charge in [0.05, 0.1) is 5.71 Å². The second kappa shape index (κ2) is 15.8. The largest absolute Gasteiger partial charge is 0.308 e. The van der Waals surface area contributed by atoms with E-state index in [2.05, 4.69) is 152 Å². The number of nitrogens with one attached hydrogen (secondary N) is 1. The first-order valence-electron chi connectivity index (χ1n) is 20.9. The molecule has 0 bridgehead atoms. The lowest BCUT2D eigenvalue weighted by Crippen LogP contribution is -2.26. The number of fused-ring (bicyclic) bond motifs is 4. The summed E-state index contributed by atoms with van der Waals surface area (Å²) in [4.78, 5) is 10.7. The van der Waals surface area contributed by atoms with Crippen LogP contribution in [0.2, 0.25) is 0 Å². The highest BCUT2D eigenvalue weighted by molar-refractivity contribution is 6.14. The van der Waals surface area contributed by atoms with Crippen molar-refractivity contribution in [2.75, 3.05) is 0 Å². The minimum atomic E-state index is 0.0844. The SMILES string of the molecule is C=c1cccc/c1=C(/C=N)C1=CCC(C2=CCC(c3ccc(C4=CCCc5ccccc54)cc3)=NC(c3ccc(-c4cc5c(c6ccccc46)C=CCC5)cc3)=N2)C=C1. The summed E-state index contributed by atoms with van der Waals surface area (Å²) in [5, 5.41) is 12.8. The van der Waals surface area contributed by atoms with E-state index in [0.29, 0.717) is 6.42 Å². The number of amidine groups is 1. The van der Waals surface area contributed by atoms with Crippen LogP contribution in [0.5, 0.6) is 0 Å². The fourth-order valence-electron chi connectivity index (χ4n) is 9.19. The normalized spacial score (nSPS) is 17.7. The van der Waals surface area contributed by atoms with Crippen LogP contribution >= 0.6 is 0 Å². The van der Waals surface area contributed by atoms with Gasteiger partial charge >= 0.3 is 0 Å². The maximum atomic E-state index is 8.27. The summed E-state index contributed by atoms with van der Waals surface area (Å²) in [6.07, 6.45) is 23.1. The van der Waals surface area contributed by atoms with Crippen molar-refractivity contribution in [1.82, 2.24) is 0 Å². The first-order chi connectivity index (χ1) is 29.1. The van der Waals surface area contributed by atoms with Gasteiger partial charge < -0.3 is 5.41 Å². The zero-order valence-electron chi connectivity index (χ0n) is 33.2. The summed E-state index contributed by atoms with van der Waals surface area (Å²) in [5.74, 6) is 0.811. The Morgan fingerprint density at radius 1 is 0.644 bits per heavy atom. The van der Waals surface area contributed by atoms with Crippen molar-refractivity contribution in [1.29, 1.82) is 5.41 Å². The second-order valence-corrected chi connectivity index (χ2v) is 15.9. The van der Waals surface area contributed by atoms with Crippen LogP contribution in [0.25, 0.3) is 45.7 Å². The molecular formula is C56H45N3. The molecule has 1 atom stereocenters. The molecule has 0 fully saturated rings. The Kier molecular flexibility index (Phi) is 9.72. The maximum Gasteiger partial charge on any atom is 0.159 e. The summed E-state index contributed by atoms with van der Waals surface area (Å²) in [6.45, 7) is 4.22. The molecular weight excluding hydrogens is 715 g/mol. The van der Waals surface area contributed by atoms with Gasteiger partial charge in [0.15, 0.2) is 5.84 Å². The number of benzene rings is 6. The van der Waals surface area contributed by atoms with Gasteiger partial charge in [0.25, 0.3) is 0 Å². The van der Waals surface area contributed by atoms with Crippen molar-refractivity contribution in [3.05, 3.63) is 225 Å². The number of hydrogen-bond acceptors (Lipinski definition) is 3. The molecule has 6 aromatic rings. The third kappa shape index (κ3) is 7.04. The molecule has 0 radical (unpaired) electrons. The zero-order valence-corrected chi connectivity index (χ0v) is 33.2. The van der Waals surface area contributed by atoms with Gasteiger partial charge in [-0.15, -0.1) is 0 Å². The average molecular weight is 760 g/mol. The van der Waals surface area contributed by atoms with Crippen LogP contribution in [-0.2, 0) is 12.8 Å². The average Bonchev–Trinajstić information content (AvgIpc) is 3.54. The number of hydrogen-bond donors (Lipinski definition) is 1. The molecule has 1 unspecified atom stereocenters. The lowest BCUT2D eigenvalue weighted by atomic mass is 9.86. The second-order valence-electron chi connectivity index (χ2n) is 15.9. The molecule has 1 N–H and O–H groups in total. The predicted molar refractivity (Wildman–Crippen MR) is 250 cm³/mol. The summed E-state index contributed by atoms with van der Waals surface area (Å²) in [5.41, 5.74) is 16.6. The molecule has 0 amide bonds. The van der Waals surface area contributed by atoms with Gasteiger partial charge in [-0.05, 0) is 115 Å². The van der Waals surface area contributed by atoms with E-state index in [1.165, 1.54) is 61.5 Å². The van der Waals surface area contributed by atoms with Gasteiger partial charge in [-0.3, -0.25) is 0 Å². The Labute approximate surface area is 346 Å². The summed E-state index contributed by atoms with van der Waals surface area (Å²) < 4.78 is 0. The Bertz CT molecular complexity index is 3000. The number of nitrogens with zero attached hydrogens (tertiary/aromatic N) is 2. The highest BCUT2D eigenvalue weighted by Crippen LogP contribution is 2.37. The molecule has 3 heteroatoms. The van der Waals surface area contributed by atoms with Crippen LogP contribution in [0.3, 0.4) is 0 Å². The maximum absolute atomic E-state index is 8.27. The molecule has 1 heterocycles. The number of allylic oxidation sites excluding steroid dienone is 7. The first kappa shape index (κ1) is 36.4. The Hall–Kier alpha value is -6.97. The lowest BCUT2D eigenvalue weighted by Gasteiger charge is -2.18. The molecule has 284 valence electrons. The van der Waals surface area contributed by atoms with E-state index in [0.717, 1.165) is 82.1 Å². The zero-order chi connectivity index (χ0) is 39.7. The Balaban J connectivity index is 1.01. The quantitative estimate of drug-likeness (QED) is 0.158. The highest BCUT2D eigenvalue weighted by Gasteiger charge is 2.21. The number of aryl methyl sites for hydroxylation is 2. The smallest absolute Gasteiger partial charge is 0.159 e. The third-order valence-electron chi connectivity index (χ3n) is 12.3. The molecule has 59 heavy (non-hydrogen) atoms. The van der Waals surface area contributed by atoms with E-state index in [-0.39, 0.29) is 5.92 Å². The van der Waals surface area contributed by atoms with Gasteiger partial charge in [-0.1, -0.05) is 170 Å². The summed E-state index contributed by atoms with van der Waals surface area (Å²) >= 11 is 0. The molecule has 0 saturated heterocycles. The van der Waals surface area contributed by atoms with Crippen molar-refractivity contribution >= 4 is 52.3 Å². The van der Waals surface area contributed by atoms with Crippen LogP contribution in [0, 0.1) is 11.3 Å². The van der Waals surface area contributed by atoms with Crippen LogP contribution in [0.15, 0.2) is 185 Å². The fraction of sp³-hybridized carbons (Fsp3) is 0.125. The van der Waals surface area contributed by atoms with E-state index >= 15 is 0 Å². The van der Waals surface area contributed by atoms with E-state index in [9.17, 15) is 0 Å². The molecule has 4 aliphatic rings. The monoisotopic (exact) mass is 759 g/mol. The van der Waals surface area contributed by atoms with Crippen molar-refractivity contribution in [2.24, 2.45) is 15.9 Å². The summed E-state index contributed by atoms with van der Waals surface area (Å²) in [6, 6.07) is 45.8. The molecule has 10 rings (SSSR count). The van der Waals surface area contributed by atoms with E-state index < -0.39 is 0 Å². The van der Waals surface area contributed by atoms with Crippen molar-refractivity contribution in [2.45, 2.75) is 38.5 Å². The fourth-order valence-corrected chi connectivity index (χ4v) is 9.19. The van der Waals surface area contributed by atoms with Crippen LogP contribution in [0.1, 0.15) is 64.6 Å². The minimum Gasteiger partial charge on any atom is -0.308 e. The van der Waals surface area contributed by atoms with Gasteiger partial charge in [-0.25, -0.2) is 9.98 Å². The lowest BCUT2D eigenvalue weighted by molar-refractivity contribution is 0.750. The van der Waals surface area contributed by atoms with Crippen LogP contribution in [0.4, 0.5) is 0 Å². The summed E-state index contributed by atoms with van der Waals surface area (Å²) in [7, 11) is 0. The van der Waals surface area contributed by atoms with E-state index in [1.807, 2.05) is 24.3 Å². The Morgan fingerprint density at radius 2 is 1.37 bits per heavy atom. The third-order valence-corrected chi connectivity index (χ3v) is 12.3. The van der Waals surface area contributed by atoms with Crippen molar-refractivity contribution in [3.63, 3.8) is 0 Å². The molecule has 3 aliphatic carbocycles. The molecule has 6 aromatic carbocycles. The number of rotatable bonds is 7. The molecule has 3 nitrogen and oxygen atoms in total.